The quantitative estimate of drug-likeness (QED) is 0.772. The van der Waals surface area contributed by atoms with Gasteiger partial charge in [-0.25, -0.2) is 0 Å². The molecule has 0 aliphatic carbocycles. The molecule has 3 nitrogen and oxygen atoms in total. The molecule has 1 amide bonds. The maximum atomic E-state index is 12.6. The summed E-state index contributed by atoms with van der Waals surface area (Å²) in [6.07, 6.45) is 4.87. The highest BCUT2D eigenvalue weighted by atomic mass is 16.2. The molecular formula is C18H24N2O. The van der Waals surface area contributed by atoms with E-state index in [1.165, 1.54) is 5.56 Å². The molecule has 0 saturated heterocycles. The molecule has 0 bridgehead atoms. The van der Waals surface area contributed by atoms with E-state index in [4.69, 9.17) is 5.26 Å². The standard InChI is InChI=1S/C18H24N2O/c1-18(2,14-19)11-5-6-12-20-13-7-9-15-8-3-4-10-16(15)17(20)21/h3-4,8,10H,5-7,9,11-13H2,1-2H3. The fourth-order valence-corrected chi connectivity index (χ4v) is 2.82. The molecule has 1 aliphatic rings. The van der Waals surface area contributed by atoms with Crippen LogP contribution in [0.2, 0.25) is 0 Å². The molecule has 0 saturated carbocycles. The molecule has 0 fully saturated rings. The predicted octanol–water partition coefficient (Wildman–Crippen LogP) is 3.80. The molecule has 1 aromatic carbocycles. The molecule has 0 N–H and O–H groups in total. The summed E-state index contributed by atoms with van der Waals surface area (Å²) in [5.74, 6) is 0.169. The predicted molar refractivity (Wildman–Crippen MR) is 83.9 cm³/mol. The Kier molecular flexibility index (Phi) is 5.01. The van der Waals surface area contributed by atoms with Gasteiger partial charge < -0.3 is 4.90 Å². The zero-order valence-electron chi connectivity index (χ0n) is 13.1. The van der Waals surface area contributed by atoms with Gasteiger partial charge in [0.15, 0.2) is 0 Å². The average molecular weight is 284 g/mol. The van der Waals surface area contributed by atoms with Crippen LogP contribution in [-0.2, 0) is 6.42 Å². The van der Waals surface area contributed by atoms with Gasteiger partial charge in [-0.3, -0.25) is 4.79 Å². The van der Waals surface area contributed by atoms with E-state index in [2.05, 4.69) is 12.1 Å². The highest BCUT2D eigenvalue weighted by Gasteiger charge is 2.22. The Labute approximate surface area is 127 Å². The highest BCUT2D eigenvalue weighted by Crippen LogP contribution is 2.23. The fourth-order valence-electron chi connectivity index (χ4n) is 2.82. The molecule has 3 heteroatoms. The number of fused-ring (bicyclic) bond motifs is 1. The average Bonchev–Trinajstić information content (AvgIpc) is 2.64. The van der Waals surface area contributed by atoms with E-state index in [0.717, 1.165) is 50.8 Å². The summed E-state index contributed by atoms with van der Waals surface area (Å²) < 4.78 is 0. The molecule has 0 unspecified atom stereocenters. The lowest BCUT2D eigenvalue weighted by Gasteiger charge is -2.22. The number of amides is 1. The molecule has 0 radical (unpaired) electrons. The summed E-state index contributed by atoms with van der Waals surface area (Å²) >= 11 is 0. The first-order chi connectivity index (χ1) is 10.0. The second-order valence-electron chi connectivity index (χ2n) is 6.51. The number of nitriles is 1. The molecule has 0 atom stereocenters. The van der Waals surface area contributed by atoms with E-state index in [0.29, 0.717) is 0 Å². The highest BCUT2D eigenvalue weighted by molar-refractivity contribution is 5.96. The van der Waals surface area contributed by atoms with Gasteiger partial charge in [-0.2, -0.15) is 5.26 Å². The van der Waals surface area contributed by atoms with Gasteiger partial charge in [-0.1, -0.05) is 24.6 Å². The second kappa shape index (κ2) is 6.76. The largest absolute Gasteiger partial charge is 0.339 e. The molecule has 21 heavy (non-hydrogen) atoms. The molecule has 0 spiro atoms. The van der Waals surface area contributed by atoms with Gasteiger partial charge in [-0.05, 0) is 51.2 Å². The van der Waals surface area contributed by atoms with Crippen LogP contribution in [0.5, 0.6) is 0 Å². The molecule has 0 aromatic heterocycles. The van der Waals surface area contributed by atoms with Crippen LogP contribution in [0, 0.1) is 16.7 Å². The lowest BCUT2D eigenvalue weighted by Crippen LogP contribution is -2.32. The van der Waals surface area contributed by atoms with Crippen molar-refractivity contribution in [3.63, 3.8) is 0 Å². The van der Waals surface area contributed by atoms with Crippen LogP contribution in [0.1, 0.15) is 55.5 Å². The first-order valence-electron chi connectivity index (χ1n) is 7.82. The summed E-state index contributed by atoms with van der Waals surface area (Å²) in [5.41, 5.74) is 1.79. The SMILES string of the molecule is CC(C)(C#N)CCCCN1CCCc2ccccc2C1=O. The molecule has 2 rings (SSSR count). The molecule has 1 aromatic rings. The Morgan fingerprint density at radius 1 is 1.29 bits per heavy atom. The van der Waals surface area contributed by atoms with Crippen LogP contribution in [0.25, 0.3) is 0 Å². The minimum Gasteiger partial charge on any atom is -0.339 e. The van der Waals surface area contributed by atoms with Crippen molar-refractivity contribution in [1.82, 2.24) is 4.90 Å². The number of unbranched alkanes of at least 4 members (excludes halogenated alkanes) is 1. The maximum Gasteiger partial charge on any atom is 0.254 e. The number of rotatable bonds is 5. The van der Waals surface area contributed by atoms with Gasteiger partial charge >= 0.3 is 0 Å². The van der Waals surface area contributed by atoms with E-state index in [1.54, 1.807) is 0 Å². The van der Waals surface area contributed by atoms with Gasteiger partial charge in [-0.15, -0.1) is 0 Å². The number of carbonyl (C=O) groups excluding carboxylic acids is 1. The Bertz CT molecular complexity index is 542. The van der Waals surface area contributed by atoms with E-state index in [-0.39, 0.29) is 11.3 Å². The Morgan fingerprint density at radius 2 is 2.05 bits per heavy atom. The van der Waals surface area contributed by atoms with E-state index >= 15 is 0 Å². The van der Waals surface area contributed by atoms with E-state index in [1.807, 2.05) is 36.9 Å². The van der Waals surface area contributed by atoms with Crippen LogP contribution in [0.4, 0.5) is 0 Å². The minimum absolute atomic E-state index is 0.169. The number of hydrogen-bond acceptors (Lipinski definition) is 2. The molecule has 1 heterocycles. The van der Waals surface area contributed by atoms with Gasteiger partial charge in [0, 0.05) is 18.7 Å². The van der Waals surface area contributed by atoms with Crippen molar-refractivity contribution in [2.75, 3.05) is 13.1 Å². The van der Waals surface area contributed by atoms with Crippen molar-refractivity contribution in [3.05, 3.63) is 35.4 Å². The Morgan fingerprint density at radius 3 is 2.81 bits per heavy atom. The lowest BCUT2D eigenvalue weighted by atomic mass is 9.89. The monoisotopic (exact) mass is 284 g/mol. The minimum atomic E-state index is -0.255. The van der Waals surface area contributed by atoms with Gasteiger partial charge in [0.25, 0.3) is 5.91 Å². The number of hydrogen-bond donors (Lipinski definition) is 0. The van der Waals surface area contributed by atoms with Crippen molar-refractivity contribution in [3.8, 4) is 6.07 Å². The van der Waals surface area contributed by atoms with Gasteiger partial charge in [0.1, 0.15) is 0 Å². The third-order valence-corrected chi connectivity index (χ3v) is 4.19. The second-order valence-corrected chi connectivity index (χ2v) is 6.51. The van der Waals surface area contributed by atoms with Crippen LogP contribution in [-0.4, -0.2) is 23.9 Å². The topological polar surface area (TPSA) is 44.1 Å². The first kappa shape index (κ1) is 15.6. The summed E-state index contributed by atoms with van der Waals surface area (Å²) in [6.45, 7) is 5.59. The normalized spacial score (nSPS) is 15.3. The molecule has 112 valence electrons. The number of benzene rings is 1. The third-order valence-electron chi connectivity index (χ3n) is 4.19. The van der Waals surface area contributed by atoms with E-state index < -0.39 is 0 Å². The zero-order valence-corrected chi connectivity index (χ0v) is 13.1. The smallest absolute Gasteiger partial charge is 0.254 e. The lowest BCUT2D eigenvalue weighted by molar-refractivity contribution is 0.0757. The van der Waals surface area contributed by atoms with Crippen molar-refractivity contribution in [2.45, 2.75) is 46.0 Å². The number of aryl methyl sites for hydroxylation is 1. The maximum absolute atomic E-state index is 12.6. The molecular weight excluding hydrogens is 260 g/mol. The first-order valence-corrected chi connectivity index (χ1v) is 7.82. The Balaban J connectivity index is 1.90. The molecule has 1 aliphatic heterocycles. The van der Waals surface area contributed by atoms with Crippen LogP contribution < -0.4 is 0 Å². The van der Waals surface area contributed by atoms with Crippen molar-refractivity contribution >= 4 is 5.91 Å². The Hall–Kier alpha value is -1.82. The van der Waals surface area contributed by atoms with Crippen molar-refractivity contribution < 1.29 is 4.79 Å². The number of carbonyl (C=O) groups is 1. The summed E-state index contributed by atoms with van der Waals surface area (Å²) in [7, 11) is 0. The summed E-state index contributed by atoms with van der Waals surface area (Å²) in [6, 6.07) is 10.3. The summed E-state index contributed by atoms with van der Waals surface area (Å²) in [4.78, 5) is 14.5. The van der Waals surface area contributed by atoms with E-state index in [9.17, 15) is 4.79 Å². The van der Waals surface area contributed by atoms with Crippen molar-refractivity contribution in [1.29, 1.82) is 5.26 Å². The van der Waals surface area contributed by atoms with Crippen LogP contribution in [0.3, 0.4) is 0 Å². The summed E-state index contributed by atoms with van der Waals surface area (Å²) in [5, 5.41) is 9.02. The third kappa shape index (κ3) is 4.07. The van der Waals surface area contributed by atoms with Crippen molar-refractivity contribution in [2.24, 2.45) is 5.41 Å². The van der Waals surface area contributed by atoms with Crippen LogP contribution >= 0.6 is 0 Å². The number of nitrogens with zero attached hydrogens (tertiary/aromatic N) is 2. The zero-order chi connectivity index (χ0) is 15.3. The van der Waals surface area contributed by atoms with Gasteiger partial charge in [0.05, 0.1) is 11.5 Å². The van der Waals surface area contributed by atoms with Crippen LogP contribution in [0.15, 0.2) is 24.3 Å². The van der Waals surface area contributed by atoms with Gasteiger partial charge in [0.2, 0.25) is 0 Å². The fraction of sp³-hybridized carbons (Fsp3) is 0.556.